The van der Waals surface area contributed by atoms with E-state index in [-0.39, 0.29) is 0 Å². The van der Waals surface area contributed by atoms with E-state index in [4.69, 9.17) is 21.1 Å². The number of alkyl halides is 1. The predicted octanol–water partition coefficient (Wildman–Crippen LogP) is 3.78. The highest BCUT2D eigenvalue weighted by Crippen LogP contribution is 2.31. The minimum Gasteiger partial charge on any atom is -0.493 e. The number of hydrogen-bond donors (Lipinski definition) is 0. The molecule has 3 aromatic rings. The molecule has 0 amide bonds. The second-order valence-corrected chi connectivity index (χ2v) is 4.79. The second kappa shape index (κ2) is 5.66. The first-order valence-electron chi connectivity index (χ1n) is 6.53. The molecule has 0 aliphatic heterocycles. The quantitative estimate of drug-likeness (QED) is 0.688. The van der Waals surface area contributed by atoms with Crippen LogP contribution < -0.4 is 9.47 Å². The predicted molar refractivity (Wildman–Crippen MR) is 83.7 cm³/mol. The van der Waals surface area contributed by atoms with Gasteiger partial charge in [0, 0.05) is 6.07 Å². The van der Waals surface area contributed by atoms with Crippen LogP contribution in [-0.4, -0.2) is 23.8 Å². The fraction of sp³-hybridized carbons (Fsp3) is 0.188. The first kappa shape index (κ1) is 13.8. The van der Waals surface area contributed by atoms with Crippen molar-refractivity contribution in [3.8, 4) is 17.2 Å². The summed E-state index contributed by atoms with van der Waals surface area (Å²) in [5.74, 6) is 2.50. The smallest absolute Gasteiger partial charge is 0.162 e. The topological polar surface area (TPSA) is 36.3 Å². The Labute approximate surface area is 127 Å². The minimum atomic E-state index is 0.336. The molecule has 0 radical (unpaired) electrons. The number of hydrogen-bond acceptors (Lipinski definition) is 3. The Bertz CT molecular complexity index is 783. The van der Waals surface area contributed by atoms with Gasteiger partial charge in [0.2, 0.25) is 0 Å². The van der Waals surface area contributed by atoms with Crippen LogP contribution in [0.1, 0.15) is 5.82 Å². The van der Waals surface area contributed by atoms with Crippen molar-refractivity contribution in [2.45, 2.75) is 5.88 Å². The number of methoxy groups -OCH3 is 2. The maximum atomic E-state index is 6.05. The molecule has 0 atom stereocenters. The molecule has 0 aliphatic carbocycles. The highest BCUT2D eigenvalue weighted by molar-refractivity contribution is 6.17. The summed E-state index contributed by atoms with van der Waals surface area (Å²) in [6.07, 6.45) is 0. The lowest BCUT2D eigenvalue weighted by Gasteiger charge is -2.12. The molecule has 0 unspecified atom stereocenters. The van der Waals surface area contributed by atoms with E-state index in [1.54, 1.807) is 14.2 Å². The summed E-state index contributed by atoms with van der Waals surface area (Å²) in [5, 5.41) is 0. The van der Waals surface area contributed by atoms with Crippen LogP contribution in [0, 0.1) is 0 Å². The monoisotopic (exact) mass is 302 g/mol. The molecule has 0 saturated carbocycles. The van der Waals surface area contributed by atoms with Crippen LogP contribution in [-0.2, 0) is 5.88 Å². The maximum absolute atomic E-state index is 6.05. The van der Waals surface area contributed by atoms with E-state index in [2.05, 4.69) is 4.98 Å². The molecule has 21 heavy (non-hydrogen) atoms. The van der Waals surface area contributed by atoms with Gasteiger partial charge in [-0.3, -0.25) is 4.57 Å². The number of para-hydroxylation sites is 2. The molecule has 5 heteroatoms. The number of ether oxygens (including phenoxy) is 2. The summed E-state index contributed by atoms with van der Waals surface area (Å²) < 4.78 is 12.7. The van der Waals surface area contributed by atoms with Crippen molar-refractivity contribution in [1.29, 1.82) is 0 Å². The lowest BCUT2D eigenvalue weighted by Crippen LogP contribution is -2.00. The van der Waals surface area contributed by atoms with Gasteiger partial charge >= 0.3 is 0 Å². The third kappa shape index (κ3) is 2.32. The summed E-state index contributed by atoms with van der Waals surface area (Å²) in [6.45, 7) is 0. The molecule has 0 fully saturated rings. The third-order valence-electron chi connectivity index (χ3n) is 3.38. The summed E-state index contributed by atoms with van der Waals surface area (Å²) >= 11 is 6.05. The van der Waals surface area contributed by atoms with Gasteiger partial charge < -0.3 is 9.47 Å². The Kier molecular flexibility index (Phi) is 3.71. The van der Waals surface area contributed by atoms with Gasteiger partial charge in [-0.25, -0.2) is 4.98 Å². The molecule has 108 valence electrons. The number of fused-ring (bicyclic) bond motifs is 1. The summed E-state index contributed by atoms with van der Waals surface area (Å²) in [4.78, 5) is 4.56. The number of benzene rings is 2. The van der Waals surface area contributed by atoms with Gasteiger partial charge in [-0.05, 0) is 24.3 Å². The van der Waals surface area contributed by atoms with Gasteiger partial charge in [0.05, 0.1) is 36.8 Å². The van der Waals surface area contributed by atoms with Crippen molar-refractivity contribution in [3.63, 3.8) is 0 Å². The highest BCUT2D eigenvalue weighted by atomic mass is 35.5. The van der Waals surface area contributed by atoms with Crippen LogP contribution in [0.25, 0.3) is 16.7 Å². The molecular weight excluding hydrogens is 288 g/mol. The molecule has 0 spiro atoms. The van der Waals surface area contributed by atoms with Crippen molar-refractivity contribution in [3.05, 3.63) is 48.3 Å². The summed E-state index contributed by atoms with van der Waals surface area (Å²) in [5.41, 5.74) is 2.88. The van der Waals surface area contributed by atoms with Crippen LogP contribution >= 0.6 is 11.6 Å². The van der Waals surface area contributed by atoms with Crippen molar-refractivity contribution in [2.75, 3.05) is 14.2 Å². The van der Waals surface area contributed by atoms with E-state index in [0.29, 0.717) is 17.4 Å². The lowest BCUT2D eigenvalue weighted by atomic mass is 10.2. The average molecular weight is 303 g/mol. The minimum absolute atomic E-state index is 0.336. The van der Waals surface area contributed by atoms with E-state index in [1.807, 2.05) is 47.0 Å². The van der Waals surface area contributed by atoms with E-state index in [0.717, 1.165) is 22.5 Å². The number of nitrogens with zero attached hydrogens (tertiary/aromatic N) is 2. The SMILES string of the molecule is COc1ccc(-n2c(CCl)nc3ccccc32)cc1OC. The third-order valence-corrected chi connectivity index (χ3v) is 3.61. The molecule has 0 aliphatic rings. The van der Waals surface area contributed by atoms with Gasteiger partial charge in [-0.1, -0.05) is 12.1 Å². The Morgan fingerprint density at radius 1 is 1.05 bits per heavy atom. The molecule has 2 aromatic carbocycles. The van der Waals surface area contributed by atoms with E-state index < -0.39 is 0 Å². The van der Waals surface area contributed by atoms with Crippen LogP contribution in [0.15, 0.2) is 42.5 Å². The number of imidazole rings is 1. The van der Waals surface area contributed by atoms with E-state index >= 15 is 0 Å². The normalized spacial score (nSPS) is 10.8. The van der Waals surface area contributed by atoms with Crippen molar-refractivity contribution in [2.24, 2.45) is 0 Å². The fourth-order valence-electron chi connectivity index (χ4n) is 2.42. The zero-order valence-corrected chi connectivity index (χ0v) is 12.6. The maximum Gasteiger partial charge on any atom is 0.162 e. The van der Waals surface area contributed by atoms with Crippen LogP contribution in [0.5, 0.6) is 11.5 Å². The van der Waals surface area contributed by atoms with E-state index in [9.17, 15) is 0 Å². The standard InChI is InChI=1S/C16H15ClN2O2/c1-20-14-8-7-11(9-15(14)21-2)19-13-6-4-3-5-12(13)18-16(19)10-17/h3-9H,10H2,1-2H3. The Hall–Kier alpha value is -2.20. The Morgan fingerprint density at radius 2 is 1.81 bits per heavy atom. The molecule has 3 rings (SSSR count). The molecule has 0 N–H and O–H groups in total. The van der Waals surface area contributed by atoms with Crippen molar-refractivity contribution in [1.82, 2.24) is 9.55 Å². The lowest BCUT2D eigenvalue weighted by molar-refractivity contribution is 0.355. The number of rotatable bonds is 4. The van der Waals surface area contributed by atoms with Gasteiger partial charge in [-0.15, -0.1) is 11.6 Å². The largest absolute Gasteiger partial charge is 0.493 e. The first-order valence-corrected chi connectivity index (χ1v) is 7.06. The zero-order chi connectivity index (χ0) is 14.8. The molecule has 0 bridgehead atoms. The fourth-order valence-corrected chi connectivity index (χ4v) is 2.60. The Balaban J connectivity index is 2.24. The van der Waals surface area contributed by atoms with Crippen LogP contribution in [0.4, 0.5) is 0 Å². The van der Waals surface area contributed by atoms with E-state index in [1.165, 1.54) is 0 Å². The van der Waals surface area contributed by atoms with Crippen molar-refractivity contribution >= 4 is 22.6 Å². The van der Waals surface area contributed by atoms with Crippen molar-refractivity contribution < 1.29 is 9.47 Å². The summed E-state index contributed by atoms with van der Waals surface area (Å²) in [7, 11) is 3.24. The average Bonchev–Trinajstić information content (AvgIpc) is 2.92. The first-order chi connectivity index (χ1) is 10.3. The van der Waals surface area contributed by atoms with Crippen LogP contribution in [0.2, 0.25) is 0 Å². The van der Waals surface area contributed by atoms with Gasteiger partial charge in [0.25, 0.3) is 0 Å². The highest BCUT2D eigenvalue weighted by Gasteiger charge is 2.13. The molecule has 4 nitrogen and oxygen atoms in total. The van der Waals surface area contributed by atoms with Gasteiger partial charge in [0.15, 0.2) is 11.5 Å². The number of halogens is 1. The number of aromatic nitrogens is 2. The van der Waals surface area contributed by atoms with Crippen LogP contribution in [0.3, 0.4) is 0 Å². The second-order valence-electron chi connectivity index (χ2n) is 4.53. The van der Waals surface area contributed by atoms with Gasteiger partial charge in [-0.2, -0.15) is 0 Å². The summed E-state index contributed by atoms with van der Waals surface area (Å²) in [6, 6.07) is 13.7. The molecular formula is C16H15ClN2O2. The zero-order valence-electron chi connectivity index (χ0n) is 11.8. The Morgan fingerprint density at radius 3 is 2.52 bits per heavy atom. The molecule has 1 aromatic heterocycles. The molecule has 0 saturated heterocycles. The van der Waals surface area contributed by atoms with Gasteiger partial charge in [0.1, 0.15) is 5.82 Å². The molecule has 1 heterocycles.